The van der Waals surface area contributed by atoms with Gasteiger partial charge in [-0.3, -0.25) is 4.79 Å². The van der Waals surface area contributed by atoms with Crippen LogP contribution >= 0.6 is 11.3 Å². The molecule has 2 fully saturated rings. The van der Waals surface area contributed by atoms with Crippen molar-refractivity contribution in [2.75, 3.05) is 19.7 Å². The summed E-state index contributed by atoms with van der Waals surface area (Å²) in [5.74, 6) is 0.221. The van der Waals surface area contributed by atoms with Crippen LogP contribution in [-0.2, 0) is 17.8 Å². The van der Waals surface area contributed by atoms with E-state index in [9.17, 15) is 4.79 Å². The number of carbonyl (C=O) groups excluding carboxylic acids is 1. The summed E-state index contributed by atoms with van der Waals surface area (Å²) in [5, 5.41) is 3.63. The van der Waals surface area contributed by atoms with Gasteiger partial charge in [0.15, 0.2) is 0 Å². The zero-order chi connectivity index (χ0) is 13.5. The fourth-order valence-corrected chi connectivity index (χ4v) is 4.65. The number of amides is 1. The molecule has 0 spiro atoms. The first kappa shape index (κ1) is 12.8. The number of ether oxygens (including phenoxy) is 1. The minimum absolute atomic E-state index is 0.221. The first-order chi connectivity index (χ1) is 9.79. The molecule has 1 aromatic rings. The molecule has 2 saturated heterocycles. The van der Waals surface area contributed by atoms with Crippen molar-refractivity contribution in [1.29, 1.82) is 0 Å². The van der Waals surface area contributed by atoms with Crippen molar-refractivity contribution >= 4 is 17.2 Å². The van der Waals surface area contributed by atoms with Crippen LogP contribution in [0.5, 0.6) is 0 Å². The van der Waals surface area contributed by atoms with Gasteiger partial charge in [0.25, 0.3) is 5.91 Å². The van der Waals surface area contributed by atoms with Crippen LogP contribution in [0.2, 0.25) is 0 Å². The Morgan fingerprint density at radius 2 is 2.25 bits per heavy atom. The quantitative estimate of drug-likeness (QED) is 0.858. The number of carbonyl (C=O) groups is 1. The van der Waals surface area contributed by atoms with E-state index in [0.717, 1.165) is 37.4 Å². The molecule has 0 radical (unpaired) electrons. The van der Waals surface area contributed by atoms with Crippen LogP contribution in [0.3, 0.4) is 0 Å². The molecule has 5 heteroatoms. The van der Waals surface area contributed by atoms with E-state index < -0.39 is 0 Å². The molecule has 0 aromatic carbocycles. The summed E-state index contributed by atoms with van der Waals surface area (Å²) in [5.41, 5.74) is 1.22. The summed E-state index contributed by atoms with van der Waals surface area (Å²) in [7, 11) is 0. The molecule has 1 amide bonds. The van der Waals surface area contributed by atoms with Crippen LogP contribution in [0.25, 0.3) is 0 Å². The zero-order valence-electron chi connectivity index (χ0n) is 11.6. The van der Waals surface area contributed by atoms with Gasteiger partial charge in [-0.15, -0.1) is 11.3 Å². The van der Waals surface area contributed by atoms with E-state index in [-0.39, 0.29) is 5.91 Å². The van der Waals surface area contributed by atoms with E-state index in [4.69, 9.17) is 4.74 Å². The largest absolute Gasteiger partial charge is 0.376 e. The van der Waals surface area contributed by atoms with Crippen molar-refractivity contribution in [2.24, 2.45) is 0 Å². The smallest absolute Gasteiger partial charge is 0.263 e. The fourth-order valence-electron chi connectivity index (χ4n) is 3.54. The number of fused-ring (bicyclic) bond motifs is 3. The Morgan fingerprint density at radius 1 is 1.35 bits per heavy atom. The van der Waals surface area contributed by atoms with Gasteiger partial charge in [0, 0.05) is 36.5 Å². The Balaban J connectivity index is 1.53. The molecule has 4 heterocycles. The first-order valence-electron chi connectivity index (χ1n) is 7.54. The SMILES string of the molecule is O=C(c1cc2c(s1)CCOC2)N1CCC2CCC(C1)N2. The van der Waals surface area contributed by atoms with E-state index in [2.05, 4.69) is 16.3 Å². The normalized spacial score (nSPS) is 29.1. The highest BCUT2D eigenvalue weighted by Gasteiger charge is 2.32. The third-order valence-electron chi connectivity index (χ3n) is 4.65. The second-order valence-corrected chi connectivity index (χ2v) is 7.18. The Morgan fingerprint density at radius 3 is 3.15 bits per heavy atom. The maximum Gasteiger partial charge on any atom is 0.263 e. The van der Waals surface area contributed by atoms with Gasteiger partial charge in [-0.2, -0.15) is 0 Å². The molecule has 1 N–H and O–H groups in total. The predicted octanol–water partition coefficient (Wildman–Crippen LogP) is 1.79. The minimum Gasteiger partial charge on any atom is -0.376 e. The van der Waals surface area contributed by atoms with Gasteiger partial charge in [-0.1, -0.05) is 0 Å². The summed E-state index contributed by atoms with van der Waals surface area (Å²) in [6.07, 6.45) is 4.54. The predicted molar refractivity (Wildman–Crippen MR) is 78.1 cm³/mol. The summed E-state index contributed by atoms with van der Waals surface area (Å²) in [4.78, 5) is 17.0. The highest BCUT2D eigenvalue weighted by molar-refractivity contribution is 7.14. The van der Waals surface area contributed by atoms with Gasteiger partial charge in [0.1, 0.15) is 0 Å². The lowest BCUT2D eigenvalue weighted by atomic mass is 10.1. The molecule has 2 bridgehead atoms. The summed E-state index contributed by atoms with van der Waals surface area (Å²) in [6, 6.07) is 3.19. The van der Waals surface area contributed by atoms with Crippen molar-refractivity contribution in [3.63, 3.8) is 0 Å². The van der Waals surface area contributed by atoms with E-state index >= 15 is 0 Å². The molecular weight excluding hydrogens is 272 g/mol. The maximum absolute atomic E-state index is 12.7. The van der Waals surface area contributed by atoms with Crippen LogP contribution in [0.15, 0.2) is 6.07 Å². The van der Waals surface area contributed by atoms with Crippen LogP contribution in [-0.4, -0.2) is 42.6 Å². The Kier molecular flexibility index (Phi) is 3.28. The molecule has 0 aliphatic carbocycles. The molecule has 2 unspecified atom stereocenters. The maximum atomic E-state index is 12.7. The average molecular weight is 292 g/mol. The van der Waals surface area contributed by atoms with Gasteiger partial charge in [-0.05, 0) is 30.9 Å². The molecule has 4 rings (SSSR count). The van der Waals surface area contributed by atoms with E-state index in [1.165, 1.54) is 23.3 Å². The molecule has 20 heavy (non-hydrogen) atoms. The summed E-state index contributed by atoms with van der Waals surface area (Å²) < 4.78 is 5.47. The lowest BCUT2D eigenvalue weighted by Gasteiger charge is -2.23. The Bertz CT molecular complexity index is 504. The number of nitrogens with zero attached hydrogens (tertiary/aromatic N) is 1. The van der Waals surface area contributed by atoms with Gasteiger partial charge in [0.2, 0.25) is 0 Å². The number of hydrogen-bond acceptors (Lipinski definition) is 4. The van der Waals surface area contributed by atoms with Crippen molar-refractivity contribution in [3.8, 4) is 0 Å². The highest BCUT2D eigenvalue weighted by Crippen LogP contribution is 2.29. The molecule has 3 aliphatic rings. The molecule has 108 valence electrons. The van der Waals surface area contributed by atoms with Gasteiger partial charge < -0.3 is 15.0 Å². The number of nitrogens with one attached hydrogen (secondary N) is 1. The molecular formula is C15H20N2O2S. The molecule has 2 atom stereocenters. The fraction of sp³-hybridized carbons (Fsp3) is 0.667. The minimum atomic E-state index is 0.221. The lowest BCUT2D eigenvalue weighted by molar-refractivity contribution is 0.0752. The van der Waals surface area contributed by atoms with Gasteiger partial charge in [0.05, 0.1) is 18.1 Å². The van der Waals surface area contributed by atoms with E-state index in [1.807, 2.05) is 0 Å². The summed E-state index contributed by atoms with van der Waals surface area (Å²) >= 11 is 1.67. The topological polar surface area (TPSA) is 41.6 Å². The first-order valence-corrected chi connectivity index (χ1v) is 8.36. The van der Waals surface area contributed by atoms with E-state index in [1.54, 1.807) is 11.3 Å². The van der Waals surface area contributed by atoms with Crippen LogP contribution in [0.4, 0.5) is 0 Å². The third-order valence-corrected chi connectivity index (χ3v) is 5.87. The number of likely N-dealkylation sites (tertiary alicyclic amines) is 1. The third kappa shape index (κ3) is 2.28. The van der Waals surface area contributed by atoms with Crippen molar-refractivity contribution < 1.29 is 9.53 Å². The Hall–Kier alpha value is -0.910. The van der Waals surface area contributed by atoms with Crippen molar-refractivity contribution in [1.82, 2.24) is 10.2 Å². The number of rotatable bonds is 1. The Labute approximate surface area is 123 Å². The van der Waals surface area contributed by atoms with Crippen LogP contribution in [0.1, 0.15) is 39.4 Å². The standard InChI is InChI=1S/C15H20N2O2S/c18-15(14-7-10-9-19-6-4-13(10)20-14)17-5-3-11-1-2-12(8-17)16-11/h7,11-12,16H,1-6,8-9H2. The lowest BCUT2D eigenvalue weighted by Crippen LogP contribution is -2.38. The van der Waals surface area contributed by atoms with Crippen LogP contribution < -0.4 is 5.32 Å². The van der Waals surface area contributed by atoms with Crippen molar-refractivity contribution in [2.45, 2.75) is 44.4 Å². The number of thiophene rings is 1. The zero-order valence-corrected chi connectivity index (χ0v) is 12.4. The second-order valence-electron chi connectivity index (χ2n) is 6.04. The number of hydrogen-bond donors (Lipinski definition) is 1. The van der Waals surface area contributed by atoms with Gasteiger partial charge in [-0.25, -0.2) is 0 Å². The molecule has 4 nitrogen and oxygen atoms in total. The van der Waals surface area contributed by atoms with Crippen LogP contribution in [0, 0.1) is 0 Å². The average Bonchev–Trinajstić information content (AvgIpc) is 3.01. The molecule has 1 aromatic heterocycles. The summed E-state index contributed by atoms with van der Waals surface area (Å²) in [6.45, 7) is 3.23. The van der Waals surface area contributed by atoms with Crippen molar-refractivity contribution in [3.05, 3.63) is 21.4 Å². The highest BCUT2D eigenvalue weighted by atomic mass is 32.1. The van der Waals surface area contributed by atoms with E-state index in [0.29, 0.717) is 18.7 Å². The molecule has 0 saturated carbocycles. The van der Waals surface area contributed by atoms with Gasteiger partial charge >= 0.3 is 0 Å². The molecule has 3 aliphatic heterocycles. The second kappa shape index (κ2) is 5.13. The monoisotopic (exact) mass is 292 g/mol.